The van der Waals surface area contributed by atoms with Gasteiger partial charge in [0.15, 0.2) is 0 Å². The minimum atomic E-state index is -2.18. The molecule has 0 bridgehead atoms. The molecule has 244 valence electrons. The van der Waals surface area contributed by atoms with Gasteiger partial charge in [0.25, 0.3) is 0 Å². The van der Waals surface area contributed by atoms with Gasteiger partial charge in [-0.2, -0.15) is 0 Å². The van der Waals surface area contributed by atoms with E-state index in [1.807, 2.05) is 0 Å². The van der Waals surface area contributed by atoms with Crippen LogP contribution in [-0.4, -0.2) is 8.07 Å². The molecule has 10 rings (SSSR count). The van der Waals surface area contributed by atoms with Gasteiger partial charge in [-0.1, -0.05) is 133 Å². The van der Waals surface area contributed by atoms with Crippen LogP contribution in [0.1, 0.15) is 16.7 Å². The molecule has 0 unspecified atom stereocenters. The molecule has 2 heteroatoms. The van der Waals surface area contributed by atoms with Crippen LogP contribution in [0.3, 0.4) is 0 Å². The van der Waals surface area contributed by atoms with E-state index in [1.165, 1.54) is 104 Å². The van der Waals surface area contributed by atoms with Gasteiger partial charge in [-0.05, 0) is 138 Å². The van der Waals surface area contributed by atoms with Gasteiger partial charge in [-0.15, -0.1) is 0 Å². The summed E-state index contributed by atoms with van der Waals surface area (Å²) in [5.41, 5.74) is 10.2. The first-order chi connectivity index (χ1) is 24.8. The van der Waals surface area contributed by atoms with Crippen LogP contribution in [0.5, 0.6) is 0 Å². The molecule has 0 N–H and O–H groups in total. The number of hydrogen-bond donors (Lipinski definition) is 0. The third-order valence-corrected chi connectivity index (χ3v) is 15.0. The quantitative estimate of drug-likeness (QED) is 0.134. The second-order valence-electron chi connectivity index (χ2n) is 15.2. The SMILES string of the molecule is Cc1cccc(N(c2ccc3c(c2)-c2c(c4c5ccc(C)cc5c5ccccc5c4c4ccc(C)cc24)[Si]3(C)C)c2ccc3ccccc3c2)c1. The first-order valence-corrected chi connectivity index (χ1v) is 21.1. The molecule has 1 aliphatic rings. The van der Waals surface area contributed by atoms with Gasteiger partial charge in [-0.25, -0.2) is 0 Å². The van der Waals surface area contributed by atoms with Crippen molar-refractivity contribution in [1.29, 1.82) is 0 Å². The maximum Gasteiger partial charge on any atom is 0.114 e. The van der Waals surface area contributed by atoms with E-state index in [4.69, 9.17) is 0 Å². The average Bonchev–Trinajstić information content (AvgIpc) is 3.37. The largest absolute Gasteiger partial charge is 0.310 e. The van der Waals surface area contributed by atoms with Crippen molar-refractivity contribution in [3.63, 3.8) is 0 Å². The van der Waals surface area contributed by atoms with E-state index in [-0.39, 0.29) is 0 Å². The van der Waals surface area contributed by atoms with Crippen molar-refractivity contribution in [2.45, 2.75) is 33.9 Å². The highest BCUT2D eigenvalue weighted by Crippen LogP contribution is 2.47. The van der Waals surface area contributed by atoms with Crippen molar-refractivity contribution in [3.05, 3.63) is 162 Å². The summed E-state index contributed by atoms with van der Waals surface area (Å²) in [6, 6.07) is 55.1. The monoisotopic (exact) mass is 669 g/mol. The lowest BCUT2D eigenvalue weighted by molar-refractivity contribution is 1.28. The Bertz CT molecular complexity index is 2930. The number of nitrogens with zero attached hydrogens (tertiary/aromatic N) is 1. The summed E-state index contributed by atoms with van der Waals surface area (Å²) in [7, 11) is -2.18. The normalized spacial score (nSPS) is 13.4. The average molecular weight is 670 g/mol. The second-order valence-corrected chi connectivity index (χ2v) is 19.5. The zero-order valence-electron chi connectivity index (χ0n) is 29.8. The molecular formula is C49H39NSi. The number of anilines is 3. The van der Waals surface area contributed by atoms with Crippen molar-refractivity contribution in [3.8, 4) is 11.1 Å². The molecule has 0 amide bonds. The molecule has 0 spiro atoms. The van der Waals surface area contributed by atoms with E-state index in [9.17, 15) is 0 Å². The van der Waals surface area contributed by atoms with E-state index in [0.717, 1.165) is 0 Å². The van der Waals surface area contributed by atoms with Crippen LogP contribution in [0.4, 0.5) is 17.1 Å². The highest BCUT2D eigenvalue weighted by atomic mass is 28.3. The fourth-order valence-corrected chi connectivity index (χ4v) is 12.6. The van der Waals surface area contributed by atoms with Gasteiger partial charge in [0.05, 0.1) is 0 Å². The number of benzene rings is 9. The third-order valence-electron chi connectivity index (χ3n) is 11.5. The number of fused-ring (bicyclic) bond motifs is 14. The third kappa shape index (κ3) is 4.39. The molecule has 1 nitrogen and oxygen atoms in total. The molecule has 0 radical (unpaired) electrons. The van der Waals surface area contributed by atoms with Crippen molar-refractivity contribution in [1.82, 2.24) is 0 Å². The lowest BCUT2D eigenvalue weighted by Crippen LogP contribution is -2.49. The van der Waals surface area contributed by atoms with Crippen LogP contribution in [0.25, 0.3) is 65.0 Å². The van der Waals surface area contributed by atoms with Crippen LogP contribution in [-0.2, 0) is 0 Å². The molecule has 0 aromatic heterocycles. The lowest BCUT2D eigenvalue weighted by atomic mass is 9.86. The maximum atomic E-state index is 2.58. The number of aryl methyl sites for hydroxylation is 3. The van der Waals surface area contributed by atoms with Crippen LogP contribution in [0, 0.1) is 20.8 Å². The molecule has 1 heterocycles. The van der Waals surface area contributed by atoms with E-state index in [0.29, 0.717) is 0 Å². The van der Waals surface area contributed by atoms with Gasteiger partial charge in [-0.3, -0.25) is 0 Å². The predicted octanol–water partition coefficient (Wildman–Crippen LogP) is 12.7. The summed E-state index contributed by atoms with van der Waals surface area (Å²) in [4.78, 5) is 2.45. The summed E-state index contributed by atoms with van der Waals surface area (Å²) >= 11 is 0. The van der Waals surface area contributed by atoms with Crippen LogP contribution in [0.2, 0.25) is 13.1 Å². The fourth-order valence-electron chi connectivity index (χ4n) is 9.18. The molecule has 1 aliphatic heterocycles. The maximum absolute atomic E-state index is 2.58. The molecule has 51 heavy (non-hydrogen) atoms. The molecule has 0 aliphatic carbocycles. The van der Waals surface area contributed by atoms with Gasteiger partial charge in [0.1, 0.15) is 8.07 Å². The second kappa shape index (κ2) is 10.9. The van der Waals surface area contributed by atoms with Crippen molar-refractivity contribution in [2.24, 2.45) is 0 Å². The Hall–Kier alpha value is -5.70. The summed E-state index contributed by atoms with van der Waals surface area (Å²) in [5, 5.41) is 16.6. The minimum Gasteiger partial charge on any atom is -0.310 e. The molecule has 0 fully saturated rings. The molecule has 0 saturated heterocycles. The predicted molar refractivity (Wildman–Crippen MR) is 225 cm³/mol. The zero-order valence-corrected chi connectivity index (χ0v) is 30.8. The van der Waals surface area contributed by atoms with Crippen LogP contribution >= 0.6 is 0 Å². The van der Waals surface area contributed by atoms with Gasteiger partial charge in [0.2, 0.25) is 0 Å². The zero-order chi connectivity index (χ0) is 34.6. The first-order valence-electron chi connectivity index (χ1n) is 18.1. The van der Waals surface area contributed by atoms with E-state index < -0.39 is 8.07 Å². The van der Waals surface area contributed by atoms with E-state index >= 15 is 0 Å². The highest BCUT2D eigenvalue weighted by Gasteiger charge is 2.41. The fraction of sp³-hybridized carbons (Fsp3) is 0.102. The Labute approximate surface area is 300 Å². The highest BCUT2D eigenvalue weighted by molar-refractivity contribution is 7.05. The van der Waals surface area contributed by atoms with Crippen molar-refractivity contribution in [2.75, 3.05) is 4.90 Å². The summed E-state index contributed by atoms with van der Waals surface area (Å²) in [5.74, 6) is 0. The van der Waals surface area contributed by atoms with E-state index in [1.54, 1.807) is 5.19 Å². The van der Waals surface area contributed by atoms with E-state index in [2.05, 4.69) is 184 Å². The lowest BCUT2D eigenvalue weighted by Gasteiger charge is -2.27. The topological polar surface area (TPSA) is 3.24 Å². The van der Waals surface area contributed by atoms with Crippen molar-refractivity contribution >= 4 is 89.4 Å². The molecule has 9 aromatic carbocycles. The van der Waals surface area contributed by atoms with Gasteiger partial charge < -0.3 is 4.90 Å². The molecular weight excluding hydrogens is 631 g/mol. The number of rotatable bonds is 3. The summed E-state index contributed by atoms with van der Waals surface area (Å²) < 4.78 is 0. The summed E-state index contributed by atoms with van der Waals surface area (Å²) in [6.07, 6.45) is 0. The molecule has 0 saturated carbocycles. The van der Waals surface area contributed by atoms with Crippen LogP contribution < -0.4 is 15.3 Å². The van der Waals surface area contributed by atoms with Crippen molar-refractivity contribution < 1.29 is 0 Å². The Morgan fingerprint density at radius 1 is 0.412 bits per heavy atom. The molecule has 9 aromatic rings. The Morgan fingerprint density at radius 3 is 1.80 bits per heavy atom. The molecule has 0 atom stereocenters. The number of hydrogen-bond acceptors (Lipinski definition) is 1. The van der Waals surface area contributed by atoms with Gasteiger partial charge in [0, 0.05) is 17.1 Å². The smallest absolute Gasteiger partial charge is 0.114 e. The van der Waals surface area contributed by atoms with Gasteiger partial charge >= 0.3 is 0 Å². The Balaban J connectivity index is 1.33. The Morgan fingerprint density at radius 2 is 1.02 bits per heavy atom. The van der Waals surface area contributed by atoms with Crippen LogP contribution in [0.15, 0.2) is 146 Å². The Kier molecular flexibility index (Phi) is 6.44. The minimum absolute atomic E-state index is 1.17. The first kappa shape index (κ1) is 30.1. The summed E-state index contributed by atoms with van der Waals surface area (Å²) in [6.45, 7) is 11.8. The standard InChI is InChI=1S/C49H39NSi/c1-30-11-10-14-35(25-30)50(36-20-19-33-12-6-7-13-34(33)28-36)37-21-24-45-44(29-37)47-43-27-32(3)18-23-41(43)46-39-16-9-8-15-38(39)42-26-31(2)17-22-40(42)48(46)49(47)51(45,4)5/h6-29H,1-5H3.